The van der Waals surface area contributed by atoms with E-state index in [1.807, 2.05) is 62.4 Å². The van der Waals surface area contributed by atoms with Gasteiger partial charge in [0.25, 0.3) is 11.7 Å². The fourth-order valence-electron chi connectivity index (χ4n) is 3.95. The Bertz CT molecular complexity index is 1180. The van der Waals surface area contributed by atoms with Crippen LogP contribution in [0.15, 0.2) is 78.4 Å². The Hall–Kier alpha value is -3.37. The summed E-state index contributed by atoms with van der Waals surface area (Å²) >= 11 is 6.07. The zero-order valence-electron chi connectivity index (χ0n) is 17.3. The van der Waals surface area contributed by atoms with E-state index in [0.29, 0.717) is 16.1 Å². The van der Waals surface area contributed by atoms with Crippen LogP contribution in [0.1, 0.15) is 33.9 Å². The minimum Gasteiger partial charge on any atom is -0.507 e. The number of hydrogen-bond donors (Lipinski definition) is 1. The van der Waals surface area contributed by atoms with Crippen molar-refractivity contribution in [2.24, 2.45) is 0 Å². The first-order chi connectivity index (χ1) is 14.9. The lowest BCUT2D eigenvalue weighted by molar-refractivity contribution is -0.140. The first-order valence-corrected chi connectivity index (χ1v) is 10.4. The Morgan fingerprint density at radius 3 is 2.32 bits per heavy atom. The van der Waals surface area contributed by atoms with Crippen LogP contribution in [0.5, 0.6) is 0 Å². The molecule has 0 aliphatic carbocycles. The van der Waals surface area contributed by atoms with Crippen LogP contribution in [0.25, 0.3) is 5.76 Å². The number of carbonyl (C=O) groups excluding carboxylic acids is 2. The standard InChI is InChI=1S/C26H22ClNO3/c1-16-8-9-17(2)21(14-16)24(29)22-23(19-10-12-20(27)13-11-19)28(26(31)25(22)30)15-18-6-4-3-5-7-18/h3-14,23,29H,15H2,1-2H3/b24-22+. The molecule has 156 valence electrons. The van der Waals surface area contributed by atoms with E-state index < -0.39 is 17.7 Å². The molecule has 0 radical (unpaired) electrons. The smallest absolute Gasteiger partial charge is 0.295 e. The van der Waals surface area contributed by atoms with Gasteiger partial charge in [0, 0.05) is 17.1 Å². The molecule has 1 unspecified atom stereocenters. The number of benzene rings is 3. The quantitative estimate of drug-likeness (QED) is 0.333. The number of aliphatic hydroxyl groups is 1. The second kappa shape index (κ2) is 8.40. The Morgan fingerprint density at radius 2 is 1.65 bits per heavy atom. The number of amides is 1. The third-order valence-electron chi connectivity index (χ3n) is 5.57. The van der Waals surface area contributed by atoms with Crippen molar-refractivity contribution < 1.29 is 14.7 Å². The van der Waals surface area contributed by atoms with Gasteiger partial charge in [0.1, 0.15) is 5.76 Å². The number of likely N-dealkylation sites (tertiary alicyclic amines) is 1. The number of carbonyl (C=O) groups is 2. The van der Waals surface area contributed by atoms with Crippen molar-refractivity contribution in [1.82, 2.24) is 4.90 Å². The number of Topliss-reactive ketones (excluding diaryl/α,β-unsaturated/α-hetero) is 1. The number of aryl methyl sites for hydroxylation is 2. The molecule has 1 amide bonds. The lowest BCUT2D eigenvalue weighted by atomic mass is 9.93. The Balaban J connectivity index is 1.90. The summed E-state index contributed by atoms with van der Waals surface area (Å²) in [5.41, 5.74) is 4.04. The molecule has 1 aliphatic heterocycles. The average Bonchev–Trinajstić information content (AvgIpc) is 3.01. The summed E-state index contributed by atoms with van der Waals surface area (Å²) in [5.74, 6) is -1.47. The molecule has 31 heavy (non-hydrogen) atoms. The minimum atomic E-state index is -0.711. The van der Waals surface area contributed by atoms with E-state index in [4.69, 9.17) is 11.6 Å². The van der Waals surface area contributed by atoms with Gasteiger partial charge >= 0.3 is 0 Å². The lowest BCUT2D eigenvalue weighted by Gasteiger charge is -2.25. The molecule has 1 saturated heterocycles. The van der Waals surface area contributed by atoms with Gasteiger partial charge in [-0.15, -0.1) is 0 Å². The Kier molecular flexibility index (Phi) is 5.66. The monoisotopic (exact) mass is 431 g/mol. The number of rotatable bonds is 4. The molecular formula is C26H22ClNO3. The van der Waals surface area contributed by atoms with Crippen LogP contribution in [-0.4, -0.2) is 21.7 Å². The third-order valence-corrected chi connectivity index (χ3v) is 5.82. The van der Waals surface area contributed by atoms with E-state index in [2.05, 4.69) is 0 Å². The van der Waals surface area contributed by atoms with Crippen molar-refractivity contribution >= 4 is 29.1 Å². The molecule has 3 aromatic carbocycles. The van der Waals surface area contributed by atoms with Crippen molar-refractivity contribution in [2.75, 3.05) is 0 Å². The summed E-state index contributed by atoms with van der Waals surface area (Å²) in [4.78, 5) is 27.7. The van der Waals surface area contributed by atoms with E-state index in [-0.39, 0.29) is 17.9 Å². The zero-order valence-corrected chi connectivity index (χ0v) is 18.1. The summed E-state index contributed by atoms with van der Waals surface area (Å²) in [7, 11) is 0. The van der Waals surface area contributed by atoms with Crippen molar-refractivity contribution in [3.05, 3.63) is 111 Å². The van der Waals surface area contributed by atoms with Gasteiger partial charge < -0.3 is 10.0 Å². The molecule has 1 heterocycles. The fourth-order valence-corrected chi connectivity index (χ4v) is 4.08. The number of aliphatic hydroxyl groups excluding tert-OH is 1. The SMILES string of the molecule is Cc1ccc(C)c(/C(O)=C2\C(=O)C(=O)N(Cc3ccccc3)C2c2ccc(Cl)cc2)c1. The molecule has 1 fully saturated rings. The maximum atomic E-state index is 13.1. The molecule has 0 spiro atoms. The minimum absolute atomic E-state index is 0.0944. The van der Waals surface area contributed by atoms with Crippen molar-refractivity contribution in [2.45, 2.75) is 26.4 Å². The molecule has 1 atom stereocenters. The van der Waals surface area contributed by atoms with Gasteiger partial charge in [-0.2, -0.15) is 0 Å². The van der Waals surface area contributed by atoms with Crippen LogP contribution in [0.3, 0.4) is 0 Å². The molecule has 0 saturated carbocycles. The molecule has 1 aliphatic rings. The molecule has 1 N–H and O–H groups in total. The van der Waals surface area contributed by atoms with Crippen LogP contribution in [-0.2, 0) is 16.1 Å². The summed E-state index contributed by atoms with van der Waals surface area (Å²) in [5, 5.41) is 11.8. The highest BCUT2D eigenvalue weighted by molar-refractivity contribution is 6.46. The average molecular weight is 432 g/mol. The summed E-state index contributed by atoms with van der Waals surface area (Å²) in [6.07, 6.45) is 0. The van der Waals surface area contributed by atoms with Crippen LogP contribution in [0, 0.1) is 13.8 Å². The normalized spacial score (nSPS) is 17.9. The number of hydrogen-bond acceptors (Lipinski definition) is 3. The van der Waals surface area contributed by atoms with Gasteiger partial charge in [0.2, 0.25) is 0 Å². The summed E-state index contributed by atoms with van der Waals surface area (Å²) in [6, 6.07) is 21.4. The Labute approximate surface area is 186 Å². The van der Waals surface area contributed by atoms with Crippen molar-refractivity contribution in [3.63, 3.8) is 0 Å². The maximum absolute atomic E-state index is 13.1. The third kappa shape index (κ3) is 3.99. The second-order valence-corrected chi connectivity index (χ2v) is 8.22. The van der Waals surface area contributed by atoms with Crippen LogP contribution < -0.4 is 0 Å². The molecule has 0 bridgehead atoms. The number of ketones is 1. The summed E-state index contributed by atoms with van der Waals surface area (Å²) < 4.78 is 0. The lowest BCUT2D eigenvalue weighted by Crippen LogP contribution is -2.29. The van der Waals surface area contributed by atoms with Gasteiger partial charge in [-0.3, -0.25) is 9.59 Å². The van der Waals surface area contributed by atoms with E-state index in [1.165, 1.54) is 4.90 Å². The van der Waals surface area contributed by atoms with Gasteiger partial charge in [0.15, 0.2) is 0 Å². The molecule has 0 aromatic heterocycles. The molecular weight excluding hydrogens is 410 g/mol. The highest BCUT2D eigenvalue weighted by atomic mass is 35.5. The van der Waals surface area contributed by atoms with Gasteiger partial charge in [-0.05, 0) is 48.7 Å². The fraction of sp³-hybridized carbons (Fsp3) is 0.154. The van der Waals surface area contributed by atoms with Crippen LogP contribution in [0.2, 0.25) is 5.02 Å². The highest BCUT2D eigenvalue weighted by Gasteiger charge is 2.46. The number of halogens is 1. The highest BCUT2D eigenvalue weighted by Crippen LogP contribution is 2.41. The predicted octanol–water partition coefficient (Wildman–Crippen LogP) is 5.58. The zero-order chi connectivity index (χ0) is 22.1. The van der Waals surface area contributed by atoms with Gasteiger partial charge in [0.05, 0.1) is 11.6 Å². The van der Waals surface area contributed by atoms with E-state index in [9.17, 15) is 14.7 Å². The van der Waals surface area contributed by atoms with Crippen LogP contribution >= 0.6 is 11.6 Å². The first kappa shape index (κ1) is 20.9. The topological polar surface area (TPSA) is 57.6 Å². The predicted molar refractivity (Wildman–Crippen MR) is 122 cm³/mol. The Morgan fingerprint density at radius 1 is 0.968 bits per heavy atom. The van der Waals surface area contributed by atoms with Crippen LogP contribution in [0.4, 0.5) is 0 Å². The second-order valence-electron chi connectivity index (χ2n) is 7.78. The van der Waals surface area contributed by atoms with Crippen molar-refractivity contribution in [3.8, 4) is 0 Å². The summed E-state index contributed by atoms with van der Waals surface area (Å²) in [6.45, 7) is 4.04. The molecule has 5 heteroatoms. The van der Waals surface area contributed by atoms with Crippen molar-refractivity contribution in [1.29, 1.82) is 0 Å². The van der Waals surface area contributed by atoms with E-state index in [1.54, 1.807) is 24.3 Å². The largest absolute Gasteiger partial charge is 0.507 e. The van der Waals surface area contributed by atoms with E-state index in [0.717, 1.165) is 16.7 Å². The van der Waals surface area contributed by atoms with Gasteiger partial charge in [-0.25, -0.2) is 0 Å². The number of nitrogens with zero attached hydrogens (tertiary/aromatic N) is 1. The van der Waals surface area contributed by atoms with Gasteiger partial charge in [-0.1, -0.05) is 71.8 Å². The molecule has 4 nitrogen and oxygen atoms in total. The molecule has 3 aromatic rings. The maximum Gasteiger partial charge on any atom is 0.295 e. The first-order valence-electron chi connectivity index (χ1n) is 10.0. The molecule has 4 rings (SSSR count). The van der Waals surface area contributed by atoms with E-state index >= 15 is 0 Å².